The van der Waals surface area contributed by atoms with Crippen LogP contribution in [0.25, 0.3) is 0 Å². The fourth-order valence-electron chi connectivity index (χ4n) is 3.26. The number of hydrogen-bond acceptors (Lipinski definition) is 1. The minimum atomic E-state index is 0.781. The van der Waals surface area contributed by atoms with Crippen LogP contribution in [-0.2, 0) is 0 Å². The maximum Gasteiger partial charge on any atom is 0.0146 e. The van der Waals surface area contributed by atoms with Crippen molar-refractivity contribution in [3.05, 3.63) is 35.9 Å². The molecule has 0 aromatic heterocycles. The largest absolute Gasteiger partial charge is 0.310 e. The highest BCUT2D eigenvalue weighted by atomic mass is 15.0. The molecule has 0 heterocycles. The molecule has 1 N–H and O–H groups in total. The number of benzene rings is 1. The van der Waals surface area contributed by atoms with Gasteiger partial charge in [-0.15, -0.1) is 0 Å². The molecule has 90 valence electrons. The lowest BCUT2D eigenvalue weighted by atomic mass is 10.1. The molecule has 0 saturated heterocycles. The van der Waals surface area contributed by atoms with Crippen molar-refractivity contribution in [2.75, 3.05) is 0 Å². The number of hydrogen-bond donors (Lipinski definition) is 1. The second-order valence-corrected chi connectivity index (χ2v) is 6.23. The third-order valence-corrected chi connectivity index (χ3v) is 4.68. The van der Waals surface area contributed by atoms with Crippen molar-refractivity contribution in [2.24, 2.45) is 11.8 Å². The zero-order valence-corrected chi connectivity index (χ0v) is 10.3. The van der Waals surface area contributed by atoms with Gasteiger partial charge in [-0.25, -0.2) is 0 Å². The van der Waals surface area contributed by atoms with E-state index in [1.165, 1.54) is 37.7 Å². The molecule has 0 spiro atoms. The Morgan fingerprint density at radius 3 is 2.18 bits per heavy atom. The summed E-state index contributed by atoms with van der Waals surface area (Å²) in [4.78, 5) is 0. The van der Waals surface area contributed by atoms with Crippen molar-refractivity contribution in [1.82, 2.24) is 5.32 Å². The molecule has 17 heavy (non-hydrogen) atoms. The molecular weight excluding hydrogens is 206 g/mol. The van der Waals surface area contributed by atoms with Crippen molar-refractivity contribution in [3.63, 3.8) is 0 Å². The molecule has 2 atom stereocenters. The van der Waals surface area contributed by atoms with Gasteiger partial charge in [-0.3, -0.25) is 0 Å². The van der Waals surface area contributed by atoms with E-state index in [4.69, 9.17) is 0 Å². The smallest absolute Gasteiger partial charge is 0.0146 e. The highest BCUT2D eigenvalue weighted by Gasteiger charge is 2.46. The SMILES string of the molecule is c1ccc(C2CC2NC(C2CC2)C2CC2)cc1. The van der Waals surface area contributed by atoms with E-state index < -0.39 is 0 Å². The van der Waals surface area contributed by atoms with Crippen LogP contribution in [0, 0.1) is 11.8 Å². The highest BCUT2D eigenvalue weighted by molar-refractivity contribution is 5.28. The maximum absolute atomic E-state index is 3.96. The Balaban J connectivity index is 1.38. The van der Waals surface area contributed by atoms with Crippen LogP contribution < -0.4 is 5.32 Å². The first-order valence-electron chi connectivity index (χ1n) is 7.23. The molecular formula is C16H21N. The zero-order valence-electron chi connectivity index (χ0n) is 10.3. The lowest BCUT2D eigenvalue weighted by molar-refractivity contribution is 0.411. The number of rotatable bonds is 5. The lowest BCUT2D eigenvalue weighted by Gasteiger charge is -2.17. The molecule has 0 amide bonds. The van der Waals surface area contributed by atoms with E-state index in [1.54, 1.807) is 0 Å². The molecule has 0 aliphatic heterocycles. The third kappa shape index (κ3) is 2.13. The van der Waals surface area contributed by atoms with Gasteiger partial charge in [0.25, 0.3) is 0 Å². The summed E-state index contributed by atoms with van der Waals surface area (Å²) in [5, 5.41) is 3.96. The lowest BCUT2D eigenvalue weighted by Crippen LogP contribution is -2.35. The average Bonchev–Trinajstić information content (AvgIpc) is 3.25. The van der Waals surface area contributed by atoms with Crippen LogP contribution in [0.1, 0.15) is 43.6 Å². The van der Waals surface area contributed by atoms with Gasteiger partial charge in [0.2, 0.25) is 0 Å². The van der Waals surface area contributed by atoms with E-state index in [9.17, 15) is 0 Å². The summed E-state index contributed by atoms with van der Waals surface area (Å²) in [5.41, 5.74) is 1.54. The summed E-state index contributed by atoms with van der Waals surface area (Å²) < 4.78 is 0. The Kier molecular flexibility index (Phi) is 2.29. The standard InChI is InChI=1S/C16H21N/c1-2-4-11(5-3-1)14-10-15(14)17-16(12-6-7-12)13-8-9-13/h1-5,12-17H,6-10H2. The summed E-state index contributed by atoms with van der Waals surface area (Å²) in [6, 6.07) is 12.7. The van der Waals surface area contributed by atoms with Gasteiger partial charge in [-0.2, -0.15) is 0 Å². The van der Waals surface area contributed by atoms with E-state index in [2.05, 4.69) is 35.6 Å². The summed E-state index contributed by atoms with van der Waals surface area (Å²) in [5.74, 6) is 2.86. The van der Waals surface area contributed by atoms with Gasteiger partial charge in [0.15, 0.2) is 0 Å². The van der Waals surface area contributed by atoms with Crippen LogP contribution >= 0.6 is 0 Å². The highest BCUT2D eigenvalue weighted by Crippen LogP contribution is 2.48. The van der Waals surface area contributed by atoms with Gasteiger partial charge in [0, 0.05) is 18.0 Å². The molecule has 3 saturated carbocycles. The first kappa shape index (κ1) is 10.1. The maximum atomic E-state index is 3.96. The molecule has 2 unspecified atom stereocenters. The summed E-state index contributed by atoms with van der Waals surface area (Å²) in [7, 11) is 0. The zero-order chi connectivity index (χ0) is 11.2. The molecule has 0 bridgehead atoms. The molecule has 1 nitrogen and oxygen atoms in total. The number of nitrogens with one attached hydrogen (secondary N) is 1. The van der Waals surface area contributed by atoms with Crippen LogP contribution in [0.4, 0.5) is 0 Å². The second kappa shape index (κ2) is 3.84. The molecule has 1 aromatic carbocycles. The van der Waals surface area contributed by atoms with Crippen molar-refractivity contribution < 1.29 is 0 Å². The first-order chi connectivity index (χ1) is 8.42. The Morgan fingerprint density at radius 2 is 1.59 bits per heavy atom. The summed E-state index contributed by atoms with van der Waals surface area (Å²) in [6.45, 7) is 0. The van der Waals surface area contributed by atoms with Gasteiger partial charge in [-0.05, 0) is 49.5 Å². The molecule has 3 aliphatic rings. The van der Waals surface area contributed by atoms with E-state index in [-0.39, 0.29) is 0 Å². The Morgan fingerprint density at radius 1 is 0.941 bits per heavy atom. The molecule has 4 rings (SSSR count). The molecule has 3 fully saturated rings. The van der Waals surface area contributed by atoms with Crippen LogP contribution in [0.15, 0.2) is 30.3 Å². The van der Waals surface area contributed by atoms with Gasteiger partial charge in [0.05, 0.1) is 0 Å². The Labute approximate surface area is 104 Å². The molecule has 1 aromatic rings. The van der Waals surface area contributed by atoms with Crippen LogP contribution in [0.2, 0.25) is 0 Å². The minimum absolute atomic E-state index is 0.781. The van der Waals surface area contributed by atoms with E-state index >= 15 is 0 Å². The predicted octanol–water partition coefficient (Wildman–Crippen LogP) is 3.32. The van der Waals surface area contributed by atoms with Gasteiger partial charge >= 0.3 is 0 Å². The predicted molar refractivity (Wildman–Crippen MR) is 70.0 cm³/mol. The van der Waals surface area contributed by atoms with Crippen molar-refractivity contribution >= 4 is 0 Å². The Bertz CT molecular complexity index is 379. The van der Waals surface area contributed by atoms with E-state index in [0.717, 1.165) is 29.8 Å². The van der Waals surface area contributed by atoms with Crippen molar-refractivity contribution in [2.45, 2.75) is 50.1 Å². The van der Waals surface area contributed by atoms with E-state index in [1.807, 2.05) is 0 Å². The fraction of sp³-hybridized carbons (Fsp3) is 0.625. The van der Waals surface area contributed by atoms with Crippen molar-refractivity contribution in [1.29, 1.82) is 0 Å². The first-order valence-corrected chi connectivity index (χ1v) is 7.23. The third-order valence-electron chi connectivity index (χ3n) is 4.68. The van der Waals surface area contributed by atoms with Crippen molar-refractivity contribution in [3.8, 4) is 0 Å². The van der Waals surface area contributed by atoms with E-state index in [0.29, 0.717) is 0 Å². The molecule has 3 aliphatic carbocycles. The summed E-state index contributed by atoms with van der Waals surface area (Å²) in [6.07, 6.45) is 7.29. The summed E-state index contributed by atoms with van der Waals surface area (Å²) >= 11 is 0. The Hall–Kier alpha value is -0.820. The minimum Gasteiger partial charge on any atom is -0.310 e. The van der Waals surface area contributed by atoms with Crippen LogP contribution in [0.5, 0.6) is 0 Å². The average molecular weight is 227 g/mol. The second-order valence-electron chi connectivity index (χ2n) is 6.23. The van der Waals surface area contributed by atoms with Crippen LogP contribution in [0.3, 0.4) is 0 Å². The van der Waals surface area contributed by atoms with Crippen LogP contribution in [-0.4, -0.2) is 12.1 Å². The normalized spacial score (nSPS) is 31.8. The topological polar surface area (TPSA) is 12.0 Å². The molecule has 0 radical (unpaired) electrons. The van der Waals surface area contributed by atoms with Gasteiger partial charge < -0.3 is 5.32 Å². The van der Waals surface area contributed by atoms with Gasteiger partial charge in [-0.1, -0.05) is 30.3 Å². The van der Waals surface area contributed by atoms with Gasteiger partial charge in [0.1, 0.15) is 0 Å². The quantitative estimate of drug-likeness (QED) is 0.813. The fourth-order valence-corrected chi connectivity index (χ4v) is 3.26. The monoisotopic (exact) mass is 227 g/mol. The molecule has 1 heteroatoms.